The van der Waals surface area contributed by atoms with Gasteiger partial charge < -0.3 is 10.1 Å². The number of amides is 1. The summed E-state index contributed by atoms with van der Waals surface area (Å²) in [5.41, 5.74) is 2.51. The zero-order valence-corrected chi connectivity index (χ0v) is 14.2. The van der Waals surface area contributed by atoms with Crippen molar-refractivity contribution in [1.82, 2.24) is 29.5 Å². The summed E-state index contributed by atoms with van der Waals surface area (Å²) in [5, 5.41) is 7.02. The van der Waals surface area contributed by atoms with E-state index in [1.807, 2.05) is 34.7 Å². The lowest BCUT2D eigenvalue weighted by Crippen LogP contribution is -2.18. The lowest BCUT2D eigenvalue weighted by Gasteiger charge is -2.08. The predicted molar refractivity (Wildman–Crippen MR) is 95.5 cm³/mol. The van der Waals surface area contributed by atoms with Crippen LogP contribution in [0.2, 0.25) is 0 Å². The molecule has 8 nitrogen and oxygen atoms in total. The Bertz CT molecular complexity index is 1100. The second kappa shape index (κ2) is 6.32. The Balaban J connectivity index is 1.93. The van der Waals surface area contributed by atoms with Crippen LogP contribution in [0.15, 0.2) is 55.1 Å². The van der Waals surface area contributed by atoms with Gasteiger partial charge in [-0.25, -0.2) is 9.67 Å². The van der Waals surface area contributed by atoms with Gasteiger partial charge in [-0.05, 0) is 18.2 Å². The number of fused-ring (bicyclic) bond motifs is 1. The molecule has 0 bridgehead atoms. The first kappa shape index (κ1) is 15.8. The van der Waals surface area contributed by atoms with E-state index in [2.05, 4.69) is 20.4 Å². The number of imidazole rings is 1. The molecule has 1 amide bonds. The zero-order chi connectivity index (χ0) is 18.1. The topological polar surface area (TPSA) is 86.3 Å². The maximum Gasteiger partial charge on any atom is 0.271 e. The molecule has 1 aromatic carbocycles. The molecule has 1 N–H and O–H groups in total. The number of nitrogens with zero attached hydrogens (tertiary/aromatic N) is 5. The van der Waals surface area contributed by atoms with Gasteiger partial charge in [0.25, 0.3) is 5.91 Å². The van der Waals surface area contributed by atoms with E-state index in [0.29, 0.717) is 17.0 Å². The van der Waals surface area contributed by atoms with E-state index in [1.165, 1.54) is 0 Å². The molecule has 0 aliphatic heterocycles. The third-order valence-corrected chi connectivity index (χ3v) is 4.06. The van der Waals surface area contributed by atoms with Crippen molar-refractivity contribution in [3.05, 3.63) is 60.8 Å². The molecule has 8 heteroatoms. The van der Waals surface area contributed by atoms with Crippen molar-refractivity contribution in [3.8, 4) is 23.0 Å². The van der Waals surface area contributed by atoms with Gasteiger partial charge in [0.05, 0.1) is 30.7 Å². The first-order chi connectivity index (χ1) is 12.7. The summed E-state index contributed by atoms with van der Waals surface area (Å²) in [6.45, 7) is 0. The summed E-state index contributed by atoms with van der Waals surface area (Å²) in [6.07, 6.45) is 6.73. The Morgan fingerprint density at radius 3 is 2.92 bits per heavy atom. The molecule has 3 aromatic heterocycles. The van der Waals surface area contributed by atoms with Crippen molar-refractivity contribution in [2.45, 2.75) is 0 Å². The van der Waals surface area contributed by atoms with Crippen LogP contribution in [0.1, 0.15) is 10.5 Å². The largest absolute Gasteiger partial charge is 0.497 e. The van der Waals surface area contributed by atoms with Crippen molar-refractivity contribution in [2.75, 3.05) is 14.2 Å². The van der Waals surface area contributed by atoms with Gasteiger partial charge in [0.1, 0.15) is 11.4 Å². The van der Waals surface area contributed by atoms with E-state index in [1.54, 1.807) is 43.6 Å². The Labute approximate surface area is 149 Å². The molecule has 0 atom stereocenters. The number of benzene rings is 1. The highest BCUT2D eigenvalue weighted by Gasteiger charge is 2.20. The quantitative estimate of drug-likeness (QED) is 0.609. The van der Waals surface area contributed by atoms with Crippen molar-refractivity contribution in [3.63, 3.8) is 0 Å². The Morgan fingerprint density at radius 2 is 2.12 bits per heavy atom. The van der Waals surface area contributed by atoms with Crippen LogP contribution in [0, 0.1) is 0 Å². The number of aromatic nitrogens is 5. The third-order valence-electron chi connectivity index (χ3n) is 4.06. The molecule has 0 unspecified atom stereocenters. The molecule has 26 heavy (non-hydrogen) atoms. The lowest BCUT2D eigenvalue weighted by atomic mass is 10.3. The highest BCUT2D eigenvalue weighted by atomic mass is 16.5. The maximum atomic E-state index is 12.2. The van der Waals surface area contributed by atoms with Crippen LogP contribution in [0.3, 0.4) is 0 Å². The van der Waals surface area contributed by atoms with Gasteiger partial charge in [-0.2, -0.15) is 5.10 Å². The molecule has 0 aliphatic carbocycles. The van der Waals surface area contributed by atoms with Gasteiger partial charge in [-0.15, -0.1) is 0 Å². The molecule has 0 radical (unpaired) electrons. The van der Waals surface area contributed by atoms with E-state index in [0.717, 1.165) is 17.1 Å². The monoisotopic (exact) mass is 348 g/mol. The average Bonchev–Trinajstić information content (AvgIpc) is 3.32. The third kappa shape index (κ3) is 2.48. The average molecular weight is 348 g/mol. The molecule has 0 fully saturated rings. The number of methoxy groups -OCH3 is 1. The van der Waals surface area contributed by atoms with Crippen LogP contribution in [0.4, 0.5) is 0 Å². The molecular weight excluding hydrogens is 332 g/mol. The molecule has 4 rings (SSSR count). The second-order valence-corrected chi connectivity index (χ2v) is 5.52. The summed E-state index contributed by atoms with van der Waals surface area (Å²) >= 11 is 0. The highest BCUT2D eigenvalue weighted by Crippen LogP contribution is 2.26. The van der Waals surface area contributed by atoms with Gasteiger partial charge >= 0.3 is 0 Å². The normalized spacial score (nSPS) is 10.8. The number of hydrogen-bond donors (Lipinski definition) is 1. The van der Waals surface area contributed by atoms with E-state index >= 15 is 0 Å². The summed E-state index contributed by atoms with van der Waals surface area (Å²) in [6, 6.07) is 9.42. The van der Waals surface area contributed by atoms with Crippen LogP contribution in [0.5, 0.6) is 5.75 Å². The van der Waals surface area contributed by atoms with Crippen molar-refractivity contribution in [1.29, 1.82) is 0 Å². The van der Waals surface area contributed by atoms with E-state index in [-0.39, 0.29) is 5.91 Å². The molecule has 0 spiro atoms. The molecular formula is C18H16N6O2. The van der Waals surface area contributed by atoms with Crippen molar-refractivity contribution < 1.29 is 9.53 Å². The minimum atomic E-state index is -0.269. The number of ether oxygens (including phenoxy) is 1. The van der Waals surface area contributed by atoms with Crippen molar-refractivity contribution >= 4 is 11.4 Å². The zero-order valence-electron chi connectivity index (χ0n) is 14.2. The highest BCUT2D eigenvalue weighted by molar-refractivity contribution is 5.99. The van der Waals surface area contributed by atoms with Gasteiger partial charge in [-0.1, -0.05) is 6.07 Å². The minimum absolute atomic E-state index is 0.269. The standard InChI is InChI=1S/C18H16N6O2/c1-19-18(25)16-15-11-20-8-9-23(15)17(22-16)14-6-7-21-24(14)12-4-3-5-13(10-12)26-2/h3-11H,1-2H3,(H,19,25). The van der Waals surface area contributed by atoms with E-state index in [4.69, 9.17) is 4.74 Å². The number of hydrogen-bond acceptors (Lipinski definition) is 5. The van der Waals surface area contributed by atoms with Gasteiger partial charge in [0.2, 0.25) is 0 Å². The predicted octanol–water partition coefficient (Wildman–Crippen LogP) is 1.95. The molecule has 130 valence electrons. The van der Waals surface area contributed by atoms with Gasteiger partial charge in [0.15, 0.2) is 11.5 Å². The van der Waals surface area contributed by atoms with Gasteiger partial charge in [0, 0.05) is 25.5 Å². The summed E-state index contributed by atoms with van der Waals surface area (Å²) in [5.74, 6) is 1.06. The Kier molecular flexibility index (Phi) is 3.85. The summed E-state index contributed by atoms with van der Waals surface area (Å²) in [7, 11) is 3.19. The molecule has 0 saturated carbocycles. The number of carbonyl (C=O) groups excluding carboxylic acids is 1. The van der Waals surface area contributed by atoms with Crippen LogP contribution in [-0.2, 0) is 0 Å². The fourth-order valence-corrected chi connectivity index (χ4v) is 2.83. The van der Waals surface area contributed by atoms with Crippen LogP contribution in [0.25, 0.3) is 22.7 Å². The Hall–Kier alpha value is -3.68. The fraction of sp³-hybridized carbons (Fsp3) is 0.111. The first-order valence-corrected chi connectivity index (χ1v) is 7.96. The fourth-order valence-electron chi connectivity index (χ4n) is 2.83. The molecule has 3 heterocycles. The molecule has 0 aliphatic rings. The first-order valence-electron chi connectivity index (χ1n) is 7.96. The number of carbonyl (C=O) groups is 1. The number of rotatable bonds is 4. The summed E-state index contributed by atoms with van der Waals surface area (Å²) < 4.78 is 8.88. The van der Waals surface area contributed by atoms with Crippen LogP contribution < -0.4 is 10.1 Å². The van der Waals surface area contributed by atoms with Gasteiger partial charge in [-0.3, -0.25) is 14.2 Å². The Morgan fingerprint density at radius 1 is 1.23 bits per heavy atom. The van der Waals surface area contributed by atoms with E-state index in [9.17, 15) is 4.79 Å². The smallest absolute Gasteiger partial charge is 0.271 e. The minimum Gasteiger partial charge on any atom is -0.497 e. The number of nitrogens with one attached hydrogen (secondary N) is 1. The summed E-state index contributed by atoms with van der Waals surface area (Å²) in [4.78, 5) is 20.9. The SMILES string of the molecule is CNC(=O)c1nc(-c2ccnn2-c2cccc(OC)c2)n2ccncc12. The van der Waals surface area contributed by atoms with Crippen molar-refractivity contribution in [2.24, 2.45) is 0 Å². The van der Waals surface area contributed by atoms with E-state index < -0.39 is 0 Å². The molecule has 0 saturated heterocycles. The van der Waals surface area contributed by atoms with Crippen LogP contribution >= 0.6 is 0 Å². The molecule has 4 aromatic rings. The lowest BCUT2D eigenvalue weighted by molar-refractivity contribution is 0.0960. The van der Waals surface area contributed by atoms with Crippen LogP contribution in [-0.4, -0.2) is 44.2 Å². The second-order valence-electron chi connectivity index (χ2n) is 5.52. The maximum absolute atomic E-state index is 12.2.